The van der Waals surface area contributed by atoms with Gasteiger partial charge in [-0.05, 0) is 37.6 Å². The van der Waals surface area contributed by atoms with Crippen molar-refractivity contribution in [2.45, 2.75) is 20.4 Å². The summed E-state index contributed by atoms with van der Waals surface area (Å²) in [7, 11) is 0. The summed E-state index contributed by atoms with van der Waals surface area (Å²) < 4.78 is 1.73. The van der Waals surface area contributed by atoms with Crippen LogP contribution in [0.2, 0.25) is 0 Å². The highest BCUT2D eigenvalue weighted by Crippen LogP contribution is 2.17. The van der Waals surface area contributed by atoms with Gasteiger partial charge in [-0.15, -0.1) is 0 Å². The number of aryl methyl sites for hydroxylation is 2. The normalized spacial score (nSPS) is 10.3. The third-order valence-electron chi connectivity index (χ3n) is 2.67. The van der Waals surface area contributed by atoms with E-state index in [1.807, 2.05) is 6.92 Å². The van der Waals surface area contributed by atoms with Gasteiger partial charge in [-0.2, -0.15) is 5.10 Å². The maximum atomic E-state index is 11.9. The van der Waals surface area contributed by atoms with Gasteiger partial charge in [0.25, 0.3) is 5.91 Å². The van der Waals surface area contributed by atoms with Gasteiger partial charge in [-0.1, -0.05) is 0 Å². The molecule has 1 amide bonds. The van der Waals surface area contributed by atoms with Gasteiger partial charge >= 0.3 is 0 Å². The molecule has 5 heteroatoms. The van der Waals surface area contributed by atoms with Crippen molar-refractivity contribution < 1.29 is 9.90 Å². The number of amides is 1. The molecule has 0 aliphatic heterocycles. The summed E-state index contributed by atoms with van der Waals surface area (Å²) in [6.07, 6.45) is 3.37. The molecular formula is C13H15N3O2. The maximum Gasteiger partial charge on any atom is 0.255 e. The lowest BCUT2D eigenvalue weighted by atomic mass is 10.1. The fourth-order valence-electron chi connectivity index (χ4n) is 1.60. The Balaban J connectivity index is 2.14. The molecule has 0 bridgehead atoms. The molecule has 0 aliphatic carbocycles. The van der Waals surface area contributed by atoms with Crippen LogP contribution in [-0.4, -0.2) is 20.8 Å². The van der Waals surface area contributed by atoms with Gasteiger partial charge in [0.15, 0.2) is 0 Å². The quantitative estimate of drug-likeness (QED) is 0.870. The van der Waals surface area contributed by atoms with Gasteiger partial charge < -0.3 is 10.4 Å². The third kappa shape index (κ3) is 2.51. The minimum atomic E-state index is -0.214. The Labute approximate surface area is 105 Å². The van der Waals surface area contributed by atoms with E-state index in [-0.39, 0.29) is 11.7 Å². The average Bonchev–Trinajstić information content (AvgIpc) is 2.80. The van der Waals surface area contributed by atoms with Crippen LogP contribution in [0.5, 0.6) is 5.75 Å². The second-order valence-corrected chi connectivity index (χ2v) is 4.04. The number of hydrogen-bond donors (Lipinski definition) is 2. The molecule has 0 spiro atoms. The first-order valence-electron chi connectivity index (χ1n) is 5.73. The number of anilines is 1. The van der Waals surface area contributed by atoms with Crippen LogP contribution < -0.4 is 5.32 Å². The molecule has 1 aromatic heterocycles. The van der Waals surface area contributed by atoms with Crippen molar-refractivity contribution in [1.82, 2.24) is 9.78 Å². The minimum Gasteiger partial charge on any atom is -0.508 e. The molecular weight excluding hydrogens is 230 g/mol. The maximum absolute atomic E-state index is 11.9. The van der Waals surface area contributed by atoms with Crippen molar-refractivity contribution in [1.29, 1.82) is 0 Å². The molecule has 0 fully saturated rings. The zero-order valence-corrected chi connectivity index (χ0v) is 10.3. The molecule has 2 rings (SSSR count). The smallest absolute Gasteiger partial charge is 0.255 e. The molecule has 94 valence electrons. The topological polar surface area (TPSA) is 67.2 Å². The van der Waals surface area contributed by atoms with Gasteiger partial charge in [0.1, 0.15) is 5.75 Å². The lowest BCUT2D eigenvalue weighted by Crippen LogP contribution is -2.11. The fourth-order valence-corrected chi connectivity index (χ4v) is 1.60. The standard InChI is InChI=1S/C13H15N3O2/c1-3-16-8-11(7-14-16)15-13(18)10-4-5-12(17)9(2)6-10/h4-8,17H,3H2,1-2H3,(H,15,18). The van der Waals surface area contributed by atoms with E-state index < -0.39 is 0 Å². The number of aromatic hydroxyl groups is 1. The second-order valence-electron chi connectivity index (χ2n) is 4.04. The van der Waals surface area contributed by atoms with Crippen LogP contribution in [0.3, 0.4) is 0 Å². The van der Waals surface area contributed by atoms with E-state index in [0.717, 1.165) is 6.54 Å². The Bertz CT molecular complexity index is 575. The Kier molecular flexibility index (Phi) is 3.32. The van der Waals surface area contributed by atoms with Crippen molar-refractivity contribution in [3.63, 3.8) is 0 Å². The van der Waals surface area contributed by atoms with E-state index in [2.05, 4.69) is 10.4 Å². The van der Waals surface area contributed by atoms with Gasteiger partial charge in [0.2, 0.25) is 0 Å². The van der Waals surface area contributed by atoms with Crippen LogP contribution in [0, 0.1) is 6.92 Å². The Hall–Kier alpha value is -2.30. The molecule has 0 aliphatic rings. The number of carbonyl (C=O) groups excluding carboxylic acids is 1. The van der Waals surface area contributed by atoms with Crippen molar-refractivity contribution in [2.24, 2.45) is 0 Å². The van der Waals surface area contributed by atoms with Crippen molar-refractivity contribution in [2.75, 3.05) is 5.32 Å². The van der Waals surface area contributed by atoms with Crippen LogP contribution >= 0.6 is 0 Å². The fraction of sp³-hybridized carbons (Fsp3) is 0.231. The van der Waals surface area contributed by atoms with Gasteiger partial charge in [-0.25, -0.2) is 0 Å². The number of hydrogen-bond acceptors (Lipinski definition) is 3. The zero-order valence-electron chi connectivity index (χ0n) is 10.3. The van der Waals surface area contributed by atoms with Gasteiger partial charge in [-0.3, -0.25) is 9.48 Å². The summed E-state index contributed by atoms with van der Waals surface area (Å²) in [5, 5.41) is 16.2. The molecule has 0 radical (unpaired) electrons. The summed E-state index contributed by atoms with van der Waals surface area (Å²) in [6, 6.07) is 4.75. The van der Waals surface area contributed by atoms with E-state index in [4.69, 9.17) is 0 Å². The lowest BCUT2D eigenvalue weighted by molar-refractivity contribution is 0.102. The molecule has 5 nitrogen and oxygen atoms in total. The third-order valence-corrected chi connectivity index (χ3v) is 2.67. The summed E-state index contributed by atoms with van der Waals surface area (Å²) in [4.78, 5) is 11.9. The number of nitrogens with one attached hydrogen (secondary N) is 1. The predicted molar refractivity (Wildman–Crippen MR) is 68.7 cm³/mol. The first-order valence-corrected chi connectivity index (χ1v) is 5.73. The molecule has 0 unspecified atom stereocenters. The monoisotopic (exact) mass is 245 g/mol. The lowest BCUT2D eigenvalue weighted by Gasteiger charge is -2.04. The van der Waals surface area contributed by atoms with E-state index in [1.54, 1.807) is 36.1 Å². The van der Waals surface area contributed by atoms with E-state index in [1.165, 1.54) is 6.07 Å². The molecule has 2 aromatic rings. The number of rotatable bonds is 3. The van der Waals surface area contributed by atoms with Gasteiger partial charge in [0, 0.05) is 18.3 Å². The summed E-state index contributed by atoms with van der Waals surface area (Å²) >= 11 is 0. The Morgan fingerprint density at radius 2 is 2.28 bits per heavy atom. The number of phenols is 1. The summed E-state index contributed by atoms with van der Waals surface area (Å²) in [6.45, 7) is 4.48. The predicted octanol–water partition coefficient (Wildman–Crippen LogP) is 2.17. The Morgan fingerprint density at radius 3 is 2.89 bits per heavy atom. The largest absolute Gasteiger partial charge is 0.508 e. The van der Waals surface area contributed by atoms with Crippen LogP contribution in [0.4, 0.5) is 5.69 Å². The number of benzene rings is 1. The van der Waals surface area contributed by atoms with E-state index >= 15 is 0 Å². The SMILES string of the molecule is CCn1cc(NC(=O)c2ccc(O)c(C)c2)cn1. The molecule has 2 N–H and O–H groups in total. The second kappa shape index (κ2) is 4.91. The Morgan fingerprint density at radius 1 is 1.50 bits per heavy atom. The number of phenolic OH excluding ortho intramolecular Hbond substituents is 1. The number of nitrogens with zero attached hydrogens (tertiary/aromatic N) is 2. The van der Waals surface area contributed by atoms with E-state index in [0.29, 0.717) is 16.8 Å². The molecule has 1 heterocycles. The van der Waals surface area contributed by atoms with E-state index in [9.17, 15) is 9.90 Å². The van der Waals surface area contributed by atoms with Crippen molar-refractivity contribution in [3.05, 3.63) is 41.7 Å². The van der Waals surface area contributed by atoms with Crippen molar-refractivity contribution in [3.8, 4) is 5.75 Å². The highest BCUT2D eigenvalue weighted by molar-refractivity contribution is 6.04. The summed E-state index contributed by atoms with van der Waals surface area (Å²) in [5.74, 6) is -0.0286. The van der Waals surface area contributed by atoms with Crippen LogP contribution in [0.25, 0.3) is 0 Å². The zero-order chi connectivity index (χ0) is 13.1. The first-order chi connectivity index (χ1) is 8.60. The number of aromatic nitrogens is 2. The first kappa shape index (κ1) is 12.2. The minimum absolute atomic E-state index is 0.186. The molecule has 18 heavy (non-hydrogen) atoms. The molecule has 0 atom stereocenters. The van der Waals surface area contributed by atoms with Crippen LogP contribution in [0.15, 0.2) is 30.6 Å². The molecule has 1 aromatic carbocycles. The van der Waals surface area contributed by atoms with Crippen LogP contribution in [0.1, 0.15) is 22.8 Å². The van der Waals surface area contributed by atoms with Gasteiger partial charge in [0.05, 0.1) is 11.9 Å². The molecule has 0 saturated carbocycles. The molecule has 0 saturated heterocycles. The highest BCUT2D eigenvalue weighted by atomic mass is 16.3. The average molecular weight is 245 g/mol. The summed E-state index contributed by atoms with van der Waals surface area (Å²) in [5.41, 5.74) is 1.84. The van der Waals surface area contributed by atoms with Crippen molar-refractivity contribution >= 4 is 11.6 Å². The number of carbonyl (C=O) groups is 1. The van der Waals surface area contributed by atoms with Crippen LogP contribution in [-0.2, 0) is 6.54 Å². The highest BCUT2D eigenvalue weighted by Gasteiger charge is 2.08.